The SMILES string of the molecule is CCNCc1ccc(N2CCS(=O)(=O)CC2)cc1Br. The van der Waals surface area contributed by atoms with Gasteiger partial charge in [0.25, 0.3) is 0 Å². The Bertz CT molecular complexity index is 532. The van der Waals surface area contributed by atoms with Crippen molar-refractivity contribution in [3.05, 3.63) is 28.2 Å². The normalized spacial score (nSPS) is 18.5. The van der Waals surface area contributed by atoms with Crippen molar-refractivity contribution in [2.75, 3.05) is 36.0 Å². The minimum Gasteiger partial charge on any atom is -0.369 e. The summed E-state index contributed by atoms with van der Waals surface area (Å²) in [6.45, 7) is 5.03. The highest BCUT2D eigenvalue weighted by atomic mass is 79.9. The van der Waals surface area contributed by atoms with Gasteiger partial charge in [-0.3, -0.25) is 0 Å². The van der Waals surface area contributed by atoms with Crippen LogP contribution < -0.4 is 10.2 Å². The first-order valence-electron chi connectivity index (χ1n) is 6.46. The lowest BCUT2D eigenvalue weighted by Gasteiger charge is -2.29. The van der Waals surface area contributed by atoms with Crippen molar-refractivity contribution in [3.63, 3.8) is 0 Å². The van der Waals surface area contributed by atoms with Gasteiger partial charge in [0, 0.05) is 29.8 Å². The Balaban J connectivity index is 2.08. The van der Waals surface area contributed by atoms with Crippen molar-refractivity contribution in [1.82, 2.24) is 5.32 Å². The molecule has 0 amide bonds. The Morgan fingerprint density at radius 1 is 1.32 bits per heavy atom. The average Bonchev–Trinajstić information content (AvgIpc) is 2.37. The molecular weight excluding hydrogens is 328 g/mol. The van der Waals surface area contributed by atoms with Gasteiger partial charge in [0.2, 0.25) is 0 Å². The summed E-state index contributed by atoms with van der Waals surface area (Å²) < 4.78 is 23.9. The maximum atomic E-state index is 11.4. The third-order valence-corrected chi connectivity index (χ3v) is 5.66. The standard InChI is InChI=1S/C13H19BrN2O2S/c1-2-15-10-11-3-4-12(9-13(11)14)16-5-7-19(17,18)8-6-16/h3-4,9,15H,2,5-8,10H2,1H3. The Kier molecular flexibility index (Phi) is 4.86. The van der Waals surface area contributed by atoms with E-state index in [4.69, 9.17) is 0 Å². The zero-order chi connectivity index (χ0) is 13.9. The van der Waals surface area contributed by atoms with Crippen molar-refractivity contribution in [2.24, 2.45) is 0 Å². The van der Waals surface area contributed by atoms with Gasteiger partial charge in [-0.1, -0.05) is 28.9 Å². The molecular formula is C13H19BrN2O2S. The fourth-order valence-electron chi connectivity index (χ4n) is 2.11. The number of halogens is 1. The van der Waals surface area contributed by atoms with Crippen molar-refractivity contribution in [1.29, 1.82) is 0 Å². The van der Waals surface area contributed by atoms with E-state index < -0.39 is 9.84 Å². The molecule has 2 rings (SSSR count). The highest BCUT2D eigenvalue weighted by molar-refractivity contribution is 9.10. The zero-order valence-electron chi connectivity index (χ0n) is 11.0. The summed E-state index contributed by atoms with van der Waals surface area (Å²) >= 11 is 3.58. The van der Waals surface area contributed by atoms with Gasteiger partial charge in [0.1, 0.15) is 0 Å². The first-order valence-corrected chi connectivity index (χ1v) is 9.08. The molecule has 0 spiro atoms. The van der Waals surface area contributed by atoms with E-state index in [1.165, 1.54) is 5.56 Å². The molecule has 0 aromatic heterocycles. The van der Waals surface area contributed by atoms with E-state index >= 15 is 0 Å². The van der Waals surface area contributed by atoms with Gasteiger partial charge in [-0.15, -0.1) is 0 Å². The monoisotopic (exact) mass is 346 g/mol. The van der Waals surface area contributed by atoms with E-state index in [0.29, 0.717) is 13.1 Å². The highest BCUT2D eigenvalue weighted by Gasteiger charge is 2.21. The second-order valence-electron chi connectivity index (χ2n) is 4.69. The van der Waals surface area contributed by atoms with E-state index in [1.807, 2.05) is 0 Å². The van der Waals surface area contributed by atoms with Crippen LogP contribution in [0.1, 0.15) is 12.5 Å². The van der Waals surface area contributed by atoms with E-state index in [9.17, 15) is 8.42 Å². The van der Waals surface area contributed by atoms with E-state index in [-0.39, 0.29) is 11.5 Å². The lowest BCUT2D eigenvalue weighted by atomic mass is 10.2. The third-order valence-electron chi connectivity index (χ3n) is 3.31. The van der Waals surface area contributed by atoms with Gasteiger partial charge in [-0.25, -0.2) is 8.42 Å². The van der Waals surface area contributed by atoms with Gasteiger partial charge < -0.3 is 10.2 Å². The topological polar surface area (TPSA) is 49.4 Å². The third kappa shape index (κ3) is 3.94. The lowest BCUT2D eigenvalue weighted by Crippen LogP contribution is -2.40. The molecule has 1 aromatic carbocycles. The molecule has 1 fully saturated rings. The summed E-state index contributed by atoms with van der Waals surface area (Å²) in [4.78, 5) is 2.13. The molecule has 1 N–H and O–H groups in total. The highest BCUT2D eigenvalue weighted by Crippen LogP contribution is 2.25. The molecule has 1 saturated heterocycles. The number of benzene rings is 1. The summed E-state index contributed by atoms with van der Waals surface area (Å²) in [6, 6.07) is 6.23. The molecule has 1 aromatic rings. The van der Waals surface area contributed by atoms with Crippen LogP contribution >= 0.6 is 15.9 Å². The maximum absolute atomic E-state index is 11.4. The number of anilines is 1. The number of hydrogen-bond donors (Lipinski definition) is 1. The zero-order valence-corrected chi connectivity index (χ0v) is 13.4. The maximum Gasteiger partial charge on any atom is 0.153 e. The van der Waals surface area contributed by atoms with Crippen LogP contribution in [0, 0.1) is 0 Å². The second-order valence-corrected chi connectivity index (χ2v) is 7.85. The Morgan fingerprint density at radius 2 is 2.00 bits per heavy atom. The molecule has 1 heterocycles. The number of nitrogens with zero attached hydrogens (tertiary/aromatic N) is 1. The Labute approximate surface area is 123 Å². The van der Waals surface area contributed by atoms with Crippen LogP contribution in [0.4, 0.5) is 5.69 Å². The van der Waals surface area contributed by atoms with Crippen molar-refractivity contribution < 1.29 is 8.42 Å². The molecule has 1 aliphatic rings. The largest absolute Gasteiger partial charge is 0.369 e. The second kappa shape index (κ2) is 6.24. The average molecular weight is 347 g/mol. The van der Waals surface area contributed by atoms with Gasteiger partial charge in [0.15, 0.2) is 9.84 Å². The van der Waals surface area contributed by atoms with Crippen LogP contribution in [-0.4, -0.2) is 39.6 Å². The number of nitrogens with one attached hydrogen (secondary N) is 1. The molecule has 1 aliphatic heterocycles. The van der Waals surface area contributed by atoms with Crippen LogP contribution in [0.2, 0.25) is 0 Å². The summed E-state index contributed by atoms with van der Waals surface area (Å²) in [5.74, 6) is 0.507. The van der Waals surface area contributed by atoms with Crippen LogP contribution in [-0.2, 0) is 16.4 Å². The molecule has 0 bridgehead atoms. The Morgan fingerprint density at radius 3 is 2.58 bits per heavy atom. The molecule has 4 nitrogen and oxygen atoms in total. The minimum absolute atomic E-state index is 0.254. The predicted molar refractivity (Wildman–Crippen MR) is 82.4 cm³/mol. The van der Waals surface area contributed by atoms with E-state index in [1.54, 1.807) is 0 Å². The van der Waals surface area contributed by atoms with Crippen LogP contribution in [0.5, 0.6) is 0 Å². The summed E-state index contributed by atoms with van der Waals surface area (Å²) in [7, 11) is -2.82. The number of sulfone groups is 1. The van der Waals surface area contributed by atoms with Crippen LogP contribution in [0.3, 0.4) is 0 Å². The van der Waals surface area contributed by atoms with Gasteiger partial charge in [0.05, 0.1) is 11.5 Å². The van der Waals surface area contributed by atoms with Gasteiger partial charge in [-0.05, 0) is 24.2 Å². The summed E-state index contributed by atoms with van der Waals surface area (Å²) in [5.41, 5.74) is 2.30. The van der Waals surface area contributed by atoms with Gasteiger partial charge in [-0.2, -0.15) is 0 Å². The molecule has 6 heteroatoms. The molecule has 0 atom stereocenters. The summed E-state index contributed by atoms with van der Waals surface area (Å²) in [5, 5.41) is 3.29. The molecule has 0 radical (unpaired) electrons. The first-order chi connectivity index (χ1) is 9.02. The van der Waals surface area contributed by atoms with E-state index in [0.717, 1.165) is 23.2 Å². The van der Waals surface area contributed by atoms with Crippen molar-refractivity contribution in [3.8, 4) is 0 Å². The fourth-order valence-corrected chi connectivity index (χ4v) is 3.81. The van der Waals surface area contributed by atoms with Crippen molar-refractivity contribution >= 4 is 31.5 Å². The quantitative estimate of drug-likeness (QED) is 0.902. The molecule has 0 aliphatic carbocycles. The first kappa shape index (κ1) is 14.8. The summed E-state index contributed by atoms with van der Waals surface area (Å²) in [6.07, 6.45) is 0. The predicted octanol–water partition coefficient (Wildman–Crippen LogP) is 1.79. The number of rotatable bonds is 4. The molecule has 19 heavy (non-hydrogen) atoms. The van der Waals surface area contributed by atoms with Crippen LogP contribution in [0.25, 0.3) is 0 Å². The lowest BCUT2D eigenvalue weighted by molar-refractivity contribution is 0.587. The fraction of sp³-hybridized carbons (Fsp3) is 0.538. The smallest absolute Gasteiger partial charge is 0.153 e. The molecule has 0 saturated carbocycles. The van der Waals surface area contributed by atoms with Gasteiger partial charge >= 0.3 is 0 Å². The Hall–Kier alpha value is -0.590. The van der Waals surface area contributed by atoms with E-state index in [2.05, 4.69) is 51.3 Å². The molecule has 0 unspecified atom stereocenters. The van der Waals surface area contributed by atoms with Crippen LogP contribution in [0.15, 0.2) is 22.7 Å². The van der Waals surface area contributed by atoms with Crippen molar-refractivity contribution in [2.45, 2.75) is 13.5 Å². The number of hydrogen-bond acceptors (Lipinski definition) is 4. The molecule has 106 valence electrons. The minimum atomic E-state index is -2.82.